The topological polar surface area (TPSA) is 57.2 Å². The third-order valence-electron chi connectivity index (χ3n) is 6.18. The molecular weight excluding hydrogens is 352 g/mol. The summed E-state index contributed by atoms with van der Waals surface area (Å²) in [4.78, 5) is 0. The summed E-state index contributed by atoms with van der Waals surface area (Å²) in [7, 11) is -2.34. The average molecular weight is 393 g/mol. The van der Waals surface area contributed by atoms with Crippen LogP contribution in [0.15, 0.2) is 0 Å². The van der Waals surface area contributed by atoms with Crippen molar-refractivity contribution in [2.24, 2.45) is 0 Å². The van der Waals surface area contributed by atoms with Gasteiger partial charge in [0.25, 0.3) is 0 Å². The molecule has 0 aromatic heterocycles. The Morgan fingerprint density at radius 1 is 0.920 bits per heavy atom. The van der Waals surface area contributed by atoms with E-state index < -0.39 is 41.2 Å². The van der Waals surface area contributed by atoms with Gasteiger partial charge in [-0.15, -0.1) is 0 Å². The van der Waals surface area contributed by atoms with Gasteiger partial charge in [-0.05, 0) is 36.3 Å². The van der Waals surface area contributed by atoms with Crippen LogP contribution in [0.4, 0.5) is 0 Å². The van der Waals surface area contributed by atoms with Crippen LogP contribution in [0.1, 0.15) is 41.5 Å². The molecule has 1 saturated heterocycles. The molecule has 7 heteroatoms. The zero-order valence-corrected chi connectivity index (χ0v) is 20.1. The van der Waals surface area contributed by atoms with Crippen LogP contribution < -0.4 is 0 Å². The molecule has 0 radical (unpaired) electrons. The second-order valence-corrected chi connectivity index (χ2v) is 19.7. The molecule has 1 rings (SSSR count). The zero-order chi connectivity index (χ0) is 19.8. The van der Waals surface area contributed by atoms with E-state index in [2.05, 4.69) is 67.7 Å². The van der Waals surface area contributed by atoms with Crippen LogP contribution in [-0.2, 0) is 18.3 Å². The average Bonchev–Trinajstić information content (AvgIpc) is 2.70. The molecule has 1 heterocycles. The van der Waals surface area contributed by atoms with Crippen LogP contribution in [0.25, 0.3) is 0 Å². The van der Waals surface area contributed by atoms with E-state index in [-0.39, 0.29) is 10.1 Å². The van der Waals surface area contributed by atoms with Gasteiger partial charge in [0.05, 0.1) is 6.61 Å². The molecule has 0 aliphatic carbocycles. The minimum atomic E-state index is -2.04. The van der Waals surface area contributed by atoms with Crippen LogP contribution >= 0.6 is 0 Å². The summed E-state index contributed by atoms with van der Waals surface area (Å²) in [5, 5.41) is 11.0. The molecule has 1 aliphatic rings. The van der Waals surface area contributed by atoms with Crippen LogP contribution in [0.2, 0.25) is 36.3 Å². The van der Waals surface area contributed by atoms with Crippen molar-refractivity contribution in [3.05, 3.63) is 0 Å². The van der Waals surface area contributed by atoms with Gasteiger partial charge < -0.3 is 23.4 Å². The fraction of sp³-hybridized carbons (Fsp3) is 1.00. The zero-order valence-electron chi connectivity index (χ0n) is 18.1. The molecule has 0 aromatic rings. The highest BCUT2D eigenvalue weighted by Crippen LogP contribution is 2.41. The maximum absolute atomic E-state index is 10.8. The van der Waals surface area contributed by atoms with Gasteiger partial charge in [-0.3, -0.25) is 0 Å². The van der Waals surface area contributed by atoms with Gasteiger partial charge in [0.2, 0.25) is 0 Å². The summed E-state index contributed by atoms with van der Waals surface area (Å²) in [5.41, 5.74) is 0. The smallest absolute Gasteiger partial charge is 0.192 e. The molecular formula is C18H40O5Si2. The maximum Gasteiger partial charge on any atom is 0.192 e. The molecule has 25 heavy (non-hydrogen) atoms. The highest BCUT2D eigenvalue weighted by atomic mass is 28.4. The molecule has 0 spiro atoms. The summed E-state index contributed by atoms with van der Waals surface area (Å²) in [5.74, 6) is 0. The van der Waals surface area contributed by atoms with E-state index in [1.807, 2.05) is 0 Å². The number of hydrogen-bond donors (Lipinski definition) is 1. The van der Waals surface area contributed by atoms with Gasteiger partial charge in [-0.2, -0.15) is 0 Å². The molecule has 150 valence electrons. The predicted molar refractivity (Wildman–Crippen MR) is 107 cm³/mol. The van der Waals surface area contributed by atoms with Crippen molar-refractivity contribution in [3.8, 4) is 0 Å². The lowest BCUT2D eigenvalue weighted by Gasteiger charge is -2.39. The largest absolute Gasteiger partial charge is 0.414 e. The van der Waals surface area contributed by atoms with Crippen molar-refractivity contribution in [1.29, 1.82) is 0 Å². The standard InChI is InChI=1S/C18H40O5Si2/c1-17(2,3)24(8,9)21-12-13-14(19)15(16(20-7)22-13)23-25(10,11)18(4,5)6/h13-16,19H,12H2,1-11H3/t13-,14-,15-,16-/m1/s1. The van der Waals surface area contributed by atoms with Crippen LogP contribution in [-0.4, -0.2) is 60.1 Å². The quantitative estimate of drug-likeness (QED) is 0.689. The van der Waals surface area contributed by atoms with Crippen LogP contribution in [0, 0.1) is 0 Å². The van der Waals surface area contributed by atoms with Gasteiger partial charge in [0.1, 0.15) is 18.3 Å². The minimum Gasteiger partial charge on any atom is -0.414 e. The first-order valence-electron chi connectivity index (χ1n) is 9.21. The predicted octanol–water partition coefficient (Wildman–Crippen LogP) is 4.13. The van der Waals surface area contributed by atoms with Gasteiger partial charge >= 0.3 is 0 Å². The van der Waals surface area contributed by atoms with Crippen molar-refractivity contribution >= 4 is 16.6 Å². The highest BCUT2D eigenvalue weighted by Gasteiger charge is 2.50. The number of methoxy groups -OCH3 is 1. The Bertz CT molecular complexity index is 440. The maximum atomic E-state index is 10.8. The van der Waals surface area contributed by atoms with Gasteiger partial charge in [-0.1, -0.05) is 41.5 Å². The van der Waals surface area contributed by atoms with Gasteiger partial charge in [-0.25, -0.2) is 0 Å². The summed E-state index contributed by atoms with van der Waals surface area (Å²) >= 11 is 0. The van der Waals surface area contributed by atoms with Crippen LogP contribution in [0.5, 0.6) is 0 Å². The first-order valence-corrected chi connectivity index (χ1v) is 15.0. The summed E-state index contributed by atoms with van der Waals surface area (Å²) in [6.45, 7) is 22.3. The summed E-state index contributed by atoms with van der Waals surface area (Å²) in [6, 6.07) is 0. The molecule has 0 saturated carbocycles. The van der Waals surface area contributed by atoms with Crippen molar-refractivity contribution in [3.63, 3.8) is 0 Å². The van der Waals surface area contributed by atoms with Crippen molar-refractivity contribution in [2.75, 3.05) is 13.7 Å². The lowest BCUT2D eigenvalue weighted by molar-refractivity contribution is -0.149. The highest BCUT2D eigenvalue weighted by molar-refractivity contribution is 6.74. The number of rotatable bonds is 6. The van der Waals surface area contributed by atoms with Crippen LogP contribution in [0.3, 0.4) is 0 Å². The Morgan fingerprint density at radius 3 is 1.80 bits per heavy atom. The van der Waals surface area contributed by atoms with E-state index in [4.69, 9.17) is 18.3 Å². The Balaban J connectivity index is 2.82. The molecule has 1 N–H and O–H groups in total. The van der Waals surface area contributed by atoms with E-state index in [1.54, 1.807) is 7.11 Å². The molecule has 0 unspecified atom stereocenters. The minimum absolute atomic E-state index is 0.0563. The molecule has 1 fully saturated rings. The fourth-order valence-corrected chi connectivity index (χ4v) is 4.48. The third-order valence-corrected chi connectivity index (χ3v) is 15.2. The number of ether oxygens (including phenoxy) is 2. The van der Waals surface area contributed by atoms with E-state index in [1.165, 1.54) is 0 Å². The fourth-order valence-electron chi connectivity index (χ4n) is 2.18. The monoisotopic (exact) mass is 392 g/mol. The SMILES string of the molecule is CO[C@@H]1O[C@H](CO[Si](C)(C)C(C)(C)C)[C@@H](O)[C@H]1O[Si](C)(C)C(C)(C)C. The molecule has 5 nitrogen and oxygen atoms in total. The first-order chi connectivity index (χ1) is 11.0. The molecule has 4 atom stereocenters. The van der Waals surface area contributed by atoms with Crippen molar-refractivity contribution in [1.82, 2.24) is 0 Å². The second kappa shape index (κ2) is 7.69. The van der Waals surface area contributed by atoms with E-state index in [9.17, 15) is 5.11 Å². The van der Waals surface area contributed by atoms with Gasteiger partial charge in [0, 0.05) is 7.11 Å². The van der Waals surface area contributed by atoms with Crippen molar-refractivity contribution < 1.29 is 23.4 Å². The molecule has 0 bridgehead atoms. The van der Waals surface area contributed by atoms with Gasteiger partial charge in [0.15, 0.2) is 22.9 Å². The lowest BCUT2D eigenvalue weighted by atomic mass is 10.1. The third kappa shape index (κ3) is 5.37. The first kappa shape index (κ1) is 23.3. The normalized spacial score (nSPS) is 29.3. The Hall–Kier alpha value is 0.234. The Labute approximate surface area is 156 Å². The van der Waals surface area contributed by atoms with E-state index >= 15 is 0 Å². The molecule has 0 aromatic carbocycles. The van der Waals surface area contributed by atoms with E-state index in [0.29, 0.717) is 6.61 Å². The second-order valence-electron chi connectivity index (χ2n) is 10.2. The molecule has 1 aliphatic heterocycles. The number of hydrogen-bond acceptors (Lipinski definition) is 5. The molecule has 0 amide bonds. The Morgan fingerprint density at radius 2 is 1.40 bits per heavy atom. The van der Waals surface area contributed by atoms with Crippen molar-refractivity contribution in [2.45, 2.75) is 102 Å². The lowest BCUT2D eigenvalue weighted by Crippen LogP contribution is -2.50. The number of aliphatic hydroxyl groups is 1. The Kier molecular flexibility index (Phi) is 7.16. The van der Waals surface area contributed by atoms with E-state index in [0.717, 1.165) is 0 Å². The number of aliphatic hydroxyl groups excluding tert-OH is 1. The summed E-state index contributed by atoms with van der Waals surface area (Å²) < 4.78 is 24.0. The summed E-state index contributed by atoms with van der Waals surface area (Å²) in [6.07, 6.45) is -2.20.